The first-order valence-electron chi connectivity index (χ1n) is 6.09. The molecule has 96 valence electrons. The molecule has 5 heteroatoms. The van der Waals surface area contributed by atoms with Crippen molar-refractivity contribution in [2.75, 3.05) is 13.1 Å². The van der Waals surface area contributed by atoms with E-state index >= 15 is 0 Å². The fraction of sp³-hybridized carbons (Fsp3) is 0.667. The number of hydrogen-bond acceptors (Lipinski definition) is 2. The Morgan fingerprint density at radius 3 is 2.65 bits per heavy atom. The molecule has 0 aliphatic heterocycles. The highest BCUT2D eigenvalue weighted by Crippen LogP contribution is 2.22. The summed E-state index contributed by atoms with van der Waals surface area (Å²) in [5.41, 5.74) is 0.775. The predicted molar refractivity (Wildman–Crippen MR) is 69.0 cm³/mol. The van der Waals surface area contributed by atoms with Gasteiger partial charge in [-0.1, -0.05) is 6.92 Å². The van der Waals surface area contributed by atoms with E-state index in [0.717, 1.165) is 18.5 Å². The van der Waals surface area contributed by atoms with E-state index in [4.69, 9.17) is 11.6 Å². The number of carbonyl (C=O) groups is 1. The molecular weight excluding hydrogens is 238 g/mol. The number of halogens is 1. The lowest BCUT2D eigenvalue weighted by molar-refractivity contribution is -0.130. The second-order valence-electron chi connectivity index (χ2n) is 3.91. The fourth-order valence-corrected chi connectivity index (χ4v) is 1.95. The number of nitrogens with zero attached hydrogens (tertiary/aromatic N) is 3. The number of aromatic nitrogens is 2. The highest BCUT2D eigenvalue weighted by Gasteiger charge is 2.23. The molecule has 1 aromatic heterocycles. The molecule has 4 nitrogen and oxygen atoms in total. The molecule has 0 saturated carbocycles. The third-order valence-corrected chi connectivity index (χ3v) is 3.13. The molecule has 0 N–H and O–H groups in total. The molecule has 0 aliphatic rings. The monoisotopic (exact) mass is 257 g/mol. The first kappa shape index (κ1) is 14.0. The quantitative estimate of drug-likeness (QED) is 0.734. The van der Waals surface area contributed by atoms with E-state index in [-0.39, 0.29) is 5.91 Å². The van der Waals surface area contributed by atoms with Crippen LogP contribution in [0.15, 0.2) is 12.4 Å². The summed E-state index contributed by atoms with van der Waals surface area (Å²) in [5, 5.41) is 3.56. The molecule has 1 heterocycles. The van der Waals surface area contributed by atoms with Gasteiger partial charge in [0.05, 0.1) is 6.20 Å². The van der Waals surface area contributed by atoms with Gasteiger partial charge >= 0.3 is 0 Å². The standard InChI is InChI=1S/C12H20ClN3O/c1-4-7-16-9-10(8-14-16)11(13)12(17)15(5-2)6-3/h8-9,11H,4-7H2,1-3H3. The molecule has 0 aliphatic carbocycles. The first-order valence-corrected chi connectivity index (χ1v) is 6.52. The van der Waals surface area contributed by atoms with Gasteiger partial charge in [0.25, 0.3) is 0 Å². The SMILES string of the molecule is CCCn1cc(C(Cl)C(=O)N(CC)CC)cn1. The van der Waals surface area contributed by atoms with Crippen LogP contribution in [0.2, 0.25) is 0 Å². The van der Waals surface area contributed by atoms with Crippen LogP contribution < -0.4 is 0 Å². The van der Waals surface area contributed by atoms with E-state index < -0.39 is 5.38 Å². The maximum atomic E-state index is 12.0. The third kappa shape index (κ3) is 3.46. The summed E-state index contributed by atoms with van der Waals surface area (Å²) in [6.45, 7) is 8.20. The van der Waals surface area contributed by atoms with Crippen LogP contribution in [0.3, 0.4) is 0 Å². The van der Waals surface area contributed by atoms with Crippen LogP contribution in [0.25, 0.3) is 0 Å². The summed E-state index contributed by atoms with van der Waals surface area (Å²) in [6, 6.07) is 0. The summed E-state index contributed by atoms with van der Waals surface area (Å²) in [6.07, 6.45) is 4.54. The fourth-order valence-electron chi connectivity index (χ4n) is 1.70. The Hall–Kier alpha value is -1.03. The summed E-state index contributed by atoms with van der Waals surface area (Å²) in [7, 11) is 0. The van der Waals surface area contributed by atoms with Gasteiger partial charge < -0.3 is 4.90 Å². The Balaban J connectivity index is 2.73. The highest BCUT2D eigenvalue weighted by molar-refractivity contribution is 6.30. The summed E-state index contributed by atoms with van der Waals surface area (Å²) in [4.78, 5) is 13.8. The maximum Gasteiger partial charge on any atom is 0.245 e. The third-order valence-electron chi connectivity index (χ3n) is 2.69. The Morgan fingerprint density at radius 1 is 1.47 bits per heavy atom. The number of rotatable bonds is 6. The lowest BCUT2D eigenvalue weighted by Gasteiger charge is -2.20. The molecule has 1 aromatic rings. The molecule has 1 unspecified atom stereocenters. The van der Waals surface area contributed by atoms with E-state index in [0.29, 0.717) is 13.1 Å². The van der Waals surface area contributed by atoms with Crippen LogP contribution in [0.4, 0.5) is 0 Å². The molecule has 1 amide bonds. The molecule has 0 spiro atoms. The predicted octanol–water partition coefficient (Wildman–Crippen LogP) is 2.44. The number of likely N-dealkylation sites (N-methyl/N-ethyl adjacent to an activating group) is 1. The minimum Gasteiger partial charge on any atom is -0.342 e. The van der Waals surface area contributed by atoms with Crippen LogP contribution in [-0.2, 0) is 11.3 Å². The number of aryl methyl sites for hydroxylation is 1. The Kier molecular flexibility index (Phi) is 5.48. The zero-order chi connectivity index (χ0) is 12.8. The van der Waals surface area contributed by atoms with Gasteiger partial charge in [-0.05, 0) is 20.3 Å². The molecule has 0 fully saturated rings. The van der Waals surface area contributed by atoms with Crippen molar-refractivity contribution in [2.24, 2.45) is 0 Å². The number of alkyl halides is 1. The minimum absolute atomic E-state index is 0.0484. The van der Waals surface area contributed by atoms with Crippen molar-refractivity contribution in [2.45, 2.75) is 39.1 Å². The second kappa shape index (κ2) is 6.64. The molecule has 0 aromatic carbocycles. The Bertz CT molecular complexity index is 360. The Labute approximate surface area is 108 Å². The van der Waals surface area contributed by atoms with Gasteiger partial charge in [-0.3, -0.25) is 9.48 Å². The van der Waals surface area contributed by atoms with Crippen molar-refractivity contribution in [3.8, 4) is 0 Å². The van der Waals surface area contributed by atoms with E-state index in [1.165, 1.54) is 0 Å². The van der Waals surface area contributed by atoms with Crippen molar-refractivity contribution in [3.63, 3.8) is 0 Å². The van der Waals surface area contributed by atoms with Crippen molar-refractivity contribution in [1.82, 2.24) is 14.7 Å². The maximum absolute atomic E-state index is 12.0. The van der Waals surface area contributed by atoms with Crippen LogP contribution in [0.5, 0.6) is 0 Å². The highest BCUT2D eigenvalue weighted by atomic mass is 35.5. The van der Waals surface area contributed by atoms with Gasteiger partial charge in [-0.2, -0.15) is 5.10 Å². The van der Waals surface area contributed by atoms with Gasteiger partial charge in [-0.15, -0.1) is 11.6 Å². The average molecular weight is 258 g/mol. The van der Waals surface area contributed by atoms with Gasteiger partial charge in [-0.25, -0.2) is 0 Å². The summed E-state index contributed by atoms with van der Waals surface area (Å²) < 4.78 is 1.82. The van der Waals surface area contributed by atoms with E-state index in [1.807, 2.05) is 24.7 Å². The number of amides is 1. The molecule has 0 saturated heterocycles. The van der Waals surface area contributed by atoms with Crippen molar-refractivity contribution >= 4 is 17.5 Å². The second-order valence-corrected chi connectivity index (χ2v) is 4.35. The molecule has 0 bridgehead atoms. The molecule has 0 radical (unpaired) electrons. The van der Waals surface area contributed by atoms with Crippen LogP contribution >= 0.6 is 11.6 Å². The van der Waals surface area contributed by atoms with Crippen LogP contribution in [0, 0.1) is 0 Å². The normalized spacial score (nSPS) is 12.5. The zero-order valence-electron chi connectivity index (χ0n) is 10.7. The zero-order valence-corrected chi connectivity index (χ0v) is 11.4. The van der Waals surface area contributed by atoms with Crippen LogP contribution in [-0.4, -0.2) is 33.7 Å². The number of carbonyl (C=O) groups excluding carboxylic acids is 1. The smallest absolute Gasteiger partial charge is 0.245 e. The van der Waals surface area contributed by atoms with Gasteiger partial charge in [0.1, 0.15) is 5.38 Å². The lowest BCUT2D eigenvalue weighted by atomic mass is 10.2. The molecular formula is C12H20ClN3O. The van der Waals surface area contributed by atoms with Gasteiger partial charge in [0.2, 0.25) is 5.91 Å². The Morgan fingerprint density at radius 2 is 2.12 bits per heavy atom. The van der Waals surface area contributed by atoms with E-state index in [9.17, 15) is 4.79 Å². The van der Waals surface area contributed by atoms with Gasteiger partial charge in [0, 0.05) is 31.4 Å². The molecule has 17 heavy (non-hydrogen) atoms. The minimum atomic E-state index is -0.625. The lowest BCUT2D eigenvalue weighted by Crippen LogP contribution is -2.33. The molecule has 1 rings (SSSR count). The van der Waals surface area contributed by atoms with Crippen molar-refractivity contribution in [1.29, 1.82) is 0 Å². The van der Waals surface area contributed by atoms with Crippen molar-refractivity contribution in [3.05, 3.63) is 18.0 Å². The topological polar surface area (TPSA) is 38.1 Å². The largest absolute Gasteiger partial charge is 0.342 e. The average Bonchev–Trinajstić information content (AvgIpc) is 2.78. The summed E-state index contributed by atoms with van der Waals surface area (Å²) >= 11 is 6.18. The summed E-state index contributed by atoms with van der Waals surface area (Å²) in [5.74, 6) is -0.0484. The van der Waals surface area contributed by atoms with Crippen LogP contribution in [0.1, 0.15) is 38.1 Å². The van der Waals surface area contributed by atoms with Gasteiger partial charge in [0.15, 0.2) is 0 Å². The number of hydrogen-bond donors (Lipinski definition) is 0. The first-order chi connectivity index (χ1) is 8.13. The molecule has 1 atom stereocenters. The van der Waals surface area contributed by atoms with Crippen molar-refractivity contribution < 1.29 is 4.79 Å². The van der Waals surface area contributed by atoms with E-state index in [2.05, 4.69) is 12.0 Å². The van der Waals surface area contributed by atoms with E-state index in [1.54, 1.807) is 11.1 Å².